The van der Waals surface area contributed by atoms with E-state index < -0.39 is 6.04 Å². The van der Waals surface area contributed by atoms with Crippen LogP contribution in [0.3, 0.4) is 0 Å². The lowest BCUT2D eigenvalue weighted by atomic mass is 10.00. The highest BCUT2D eigenvalue weighted by Crippen LogP contribution is 2.36. The van der Waals surface area contributed by atoms with Gasteiger partial charge < -0.3 is 25.4 Å². The van der Waals surface area contributed by atoms with E-state index in [1.807, 2.05) is 18.2 Å². The molecule has 7 nitrogen and oxygen atoms in total. The molecule has 2 atom stereocenters. The second-order valence-corrected chi connectivity index (χ2v) is 6.71. The number of nitrogens with zero attached hydrogens (tertiary/aromatic N) is 1. The molecule has 1 saturated heterocycles. The maximum absolute atomic E-state index is 13.1. The summed E-state index contributed by atoms with van der Waals surface area (Å²) in [4.78, 5) is 27.2. The van der Waals surface area contributed by atoms with Crippen LogP contribution in [0.1, 0.15) is 16.8 Å². The van der Waals surface area contributed by atoms with Crippen LogP contribution in [-0.2, 0) is 4.79 Å². The number of anilines is 1. The molecule has 27 heavy (non-hydrogen) atoms. The third-order valence-corrected chi connectivity index (χ3v) is 5.20. The Labute approximate surface area is 157 Å². The molecular weight excluding hydrogens is 346 g/mol. The SMILES string of the molecule is COc1ccc(-c2ccc3c(c2)C(=O)N2CCC(N)C2C(=O)N3)c(OC)c1. The molecule has 1 fully saturated rings. The number of carbonyl (C=O) groups is 2. The van der Waals surface area contributed by atoms with Gasteiger partial charge in [-0.3, -0.25) is 9.59 Å². The van der Waals surface area contributed by atoms with E-state index in [1.54, 1.807) is 37.3 Å². The molecule has 2 unspecified atom stereocenters. The fraction of sp³-hybridized carbons (Fsp3) is 0.300. The van der Waals surface area contributed by atoms with Gasteiger partial charge in [0.2, 0.25) is 5.91 Å². The lowest BCUT2D eigenvalue weighted by molar-refractivity contribution is -0.119. The van der Waals surface area contributed by atoms with Crippen LogP contribution in [-0.4, -0.2) is 49.6 Å². The van der Waals surface area contributed by atoms with E-state index in [4.69, 9.17) is 15.2 Å². The number of benzene rings is 2. The Morgan fingerprint density at radius 1 is 1.07 bits per heavy atom. The third kappa shape index (κ3) is 2.80. The average molecular weight is 367 g/mol. The summed E-state index contributed by atoms with van der Waals surface area (Å²) in [5.74, 6) is 0.903. The zero-order valence-corrected chi connectivity index (χ0v) is 15.2. The average Bonchev–Trinajstić information content (AvgIpc) is 3.04. The Hall–Kier alpha value is -3.06. The fourth-order valence-corrected chi connectivity index (χ4v) is 3.78. The lowest BCUT2D eigenvalue weighted by Crippen LogP contribution is -2.48. The van der Waals surface area contributed by atoms with Gasteiger partial charge in [-0.15, -0.1) is 0 Å². The van der Waals surface area contributed by atoms with Gasteiger partial charge in [0.25, 0.3) is 5.91 Å². The summed E-state index contributed by atoms with van der Waals surface area (Å²) in [5, 5.41) is 2.85. The van der Waals surface area contributed by atoms with Crippen LogP contribution in [0, 0.1) is 0 Å². The second-order valence-electron chi connectivity index (χ2n) is 6.71. The van der Waals surface area contributed by atoms with Gasteiger partial charge in [-0.25, -0.2) is 0 Å². The molecule has 2 amide bonds. The highest BCUT2D eigenvalue weighted by molar-refractivity contribution is 6.11. The molecule has 2 aromatic carbocycles. The maximum Gasteiger partial charge on any atom is 0.256 e. The minimum atomic E-state index is -0.621. The first-order valence-electron chi connectivity index (χ1n) is 8.77. The first-order chi connectivity index (χ1) is 13.0. The van der Waals surface area contributed by atoms with E-state index >= 15 is 0 Å². The van der Waals surface area contributed by atoms with Gasteiger partial charge in [0.1, 0.15) is 17.5 Å². The Kier molecular flexibility index (Phi) is 4.24. The van der Waals surface area contributed by atoms with Crippen molar-refractivity contribution in [3.8, 4) is 22.6 Å². The van der Waals surface area contributed by atoms with Crippen LogP contribution in [0.2, 0.25) is 0 Å². The molecule has 0 radical (unpaired) electrons. The standard InChI is InChI=1S/C20H21N3O4/c1-26-12-4-5-13(17(10-12)27-2)11-3-6-16-14(9-11)20(25)23-8-7-15(21)18(23)19(24)22-16/h3-6,9-10,15,18H,7-8,21H2,1-2H3,(H,22,24). The van der Waals surface area contributed by atoms with Crippen LogP contribution in [0.4, 0.5) is 5.69 Å². The molecule has 4 rings (SSSR count). The minimum absolute atomic E-state index is 0.185. The summed E-state index contributed by atoms with van der Waals surface area (Å²) in [6, 6.07) is 9.93. The molecule has 0 aliphatic carbocycles. The molecule has 7 heteroatoms. The number of nitrogens with two attached hydrogens (primary N) is 1. The molecule has 0 bridgehead atoms. The predicted octanol–water partition coefficient (Wildman–Crippen LogP) is 1.86. The van der Waals surface area contributed by atoms with Crippen molar-refractivity contribution < 1.29 is 19.1 Å². The van der Waals surface area contributed by atoms with Gasteiger partial charge in [0, 0.05) is 24.2 Å². The van der Waals surface area contributed by atoms with Gasteiger partial charge in [-0.2, -0.15) is 0 Å². The number of ether oxygens (including phenoxy) is 2. The number of carbonyl (C=O) groups excluding carboxylic acids is 2. The highest BCUT2D eigenvalue weighted by atomic mass is 16.5. The summed E-state index contributed by atoms with van der Waals surface area (Å²) in [7, 11) is 3.18. The van der Waals surface area contributed by atoms with Crippen molar-refractivity contribution in [2.75, 3.05) is 26.1 Å². The Balaban J connectivity index is 1.79. The van der Waals surface area contributed by atoms with Gasteiger partial charge >= 0.3 is 0 Å². The monoisotopic (exact) mass is 367 g/mol. The first kappa shape index (κ1) is 17.4. The van der Waals surface area contributed by atoms with E-state index in [2.05, 4.69) is 5.32 Å². The van der Waals surface area contributed by atoms with Crippen molar-refractivity contribution in [1.29, 1.82) is 0 Å². The zero-order valence-electron chi connectivity index (χ0n) is 15.2. The van der Waals surface area contributed by atoms with Crippen LogP contribution < -0.4 is 20.5 Å². The molecule has 3 N–H and O–H groups in total. The predicted molar refractivity (Wildman–Crippen MR) is 101 cm³/mol. The Bertz CT molecular complexity index is 927. The van der Waals surface area contributed by atoms with Crippen molar-refractivity contribution in [3.05, 3.63) is 42.0 Å². The van der Waals surface area contributed by atoms with E-state index in [1.165, 1.54) is 0 Å². The van der Waals surface area contributed by atoms with E-state index in [-0.39, 0.29) is 17.9 Å². The van der Waals surface area contributed by atoms with E-state index in [9.17, 15) is 9.59 Å². The summed E-state index contributed by atoms with van der Waals surface area (Å²) in [6.45, 7) is 0.480. The maximum atomic E-state index is 13.1. The normalized spacial score (nSPS) is 21.2. The molecular formula is C20H21N3O4. The molecule has 0 saturated carbocycles. The molecule has 2 aliphatic rings. The largest absolute Gasteiger partial charge is 0.497 e. The number of rotatable bonds is 3. The van der Waals surface area contributed by atoms with E-state index in [0.29, 0.717) is 35.7 Å². The smallest absolute Gasteiger partial charge is 0.256 e. The van der Waals surface area contributed by atoms with Crippen molar-refractivity contribution >= 4 is 17.5 Å². The number of hydrogen-bond acceptors (Lipinski definition) is 5. The molecule has 0 aromatic heterocycles. The lowest BCUT2D eigenvalue weighted by Gasteiger charge is -2.22. The summed E-state index contributed by atoms with van der Waals surface area (Å²) in [6.07, 6.45) is 0.616. The van der Waals surface area contributed by atoms with Gasteiger partial charge in [0.05, 0.1) is 25.5 Å². The Morgan fingerprint density at radius 2 is 1.89 bits per heavy atom. The molecule has 0 spiro atoms. The highest BCUT2D eigenvalue weighted by Gasteiger charge is 2.43. The van der Waals surface area contributed by atoms with Gasteiger partial charge in [-0.1, -0.05) is 6.07 Å². The minimum Gasteiger partial charge on any atom is -0.497 e. The quantitative estimate of drug-likeness (QED) is 0.864. The van der Waals surface area contributed by atoms with E-state index in [0.717, 1.165) is 11.1 Å². The van der Waals surface area contributed by atoms with Gasteiger partial charge in [-0.05, 0) is 36.2 Å². The van der Waals surface area contributed by atoms with Crippen molar-refractivity contribution in [2.45, 2.75) is 18.5 Å². The fourth-order valence-electron chi connectivity index (χ4n) is 3.78. The summed E-state index contributed by atoms with van der Waals surface area (Å²) < 4.78 is 10.7. The van der Waals surface area contributed by atoms with Gasteiger partial charge in [0.15, 0.2) is 0 Å². The van der Waals surface area contributed by atoms with Crippen molar-refractivity contribution in [1.82, 2.24) is 4.90 Å². The zero-order chi connectivity index (χ0) is 19.1. The number of fused-ring (bicyclic) bond motifs is 2. The van der Waals surface area contributed by atoms with Crippen molar-refractivity contribution in [2.24, 2.45) is 5.73 Å². The second kappa shape index (κ2) is 6.59. The topological polar surface area (TPSA) is 93.9 Å². The number of amides is 2. The molecule has 140 valence electrons. The summed E-state index contributed by atoms with van der Waals surface area (Å²) >= 11 is 0. The molecule has 2 heterocycles. The number of nitrogens with one attached hydrogen (secondary N) is 1. The van der Waals surface area contributed by atoms with Crippen LogP contribution >= 0.6 is 0 Å². The van der Waals surface area contributed by atoms with Crippen LogP contribution in [0.5, 0.6) is 11.5 Å². The molecule has 2 aliphatic heterocycles. The van der Waals surface area contributed by atoms with Crippen LogP contribution in [0.25, 0.3) is 11.1 Å². The molecule has 2 aromatic rings. The summed E-state index contributed by atoms with van der Waals surface area (Å²) in [5.41, 5.74) is 8.66. The Morgan fingerprint density at radius 3 is 2.63 bits per heavy atom. The first-order valence-corrected chi connectivity index (χ1v) is 8.77. The van der Waals surface area contributed by atoms with Crippen molar-refractivity contribution in [3.63, 3.8) is 0 Å². The number of hydrogen-bond donors (Lipinski definition) is 2. The number of methoxy groups -OCH3 is 2. The third-order valence-electron chi connectivity index (χ3n) is 5.20. The van der Waals surface area contributed by atoms with Crippen LogP contribution in [0.15, 0.2) is 36.4 Å².